The summed E-state index contributed by atoms with van der Waals surface area (Å²) in [5, 5.41) is 13.4. The van der Waals surface area contributed by atoms with Crippen LogP contribution in [0.25, 0.3) is 21.9 Å². The molecule has 0 N–H and O–H groups in total. The van der Waals surface area contributed by atoms with Crippen LogP contribution in [-0.2, 0) is 6.54 Å². The van der Waals surface area contributed by atoms with Gasteiger partial charge in [-0.15, -0.1) is 0 Å². The third-order valence-corrected chi connectivity index (χ3v) is 5.97. The summed E-state index contributed by atoms with van der Waals surface area (Å²) in [5.41, 5.74) is 5.83. The molecule has 5 rings (SSSR count). The predicted molar refractivity (Wildman–Crippen MR) is 126 cm³/mol. The number of benzene rings is 4. The molecule has 0 saturated carbocycles. The molecular weight excluding hydrogens is 386 g/mol. The molecule has 0 spiro atoms. The fraction of sp³-hybridized carbons (Fsp3) is 0.154. The number of nitro groups is 1. The first-order chi connectivity index (χ1) is 15.1. The van der Waals surface area contributed by atoms with Gasteiger partial charge in [-0.1, -0.05) is 36.4 Å². The molecule has 4 aromatic carbocycles. The fourth-order valence-electron chi connectivity index (χ4n) is 4.30. The Kier molecular flexibility index (Phi) is 4.88. The van der Waals surface area contributed by atoms with E-state index in [1.807, 2.05) is 12.1 Å². The molecule has 4 aromatic rings. The number of fused-ring (bicyclic) bond motifs is 2. The molecule has 0 amide bonds. The lowest BCUT2D eigenvalue weighted by Gasteiger charge is -2.25. The summed E-state index contributed by atoms with van der Waals surface area (Å²) < 4.78 is 0. The Bertz CT molecular complexity index is 1270. The van der Waals surface area contributed by atoms with Crippen molar-refractivity contribution in [1.82, 2.24) is 4.90 Å². The van der Waals surface area contributed by atoms with E-state index < -0.39 is 0 Å². The standard InChI is InChI=1S/C26H23N3O2/c1-27-14-15-28(25-12-8-19-4-2-3-5-21(19)17-25)26-13-9-22(16-23(26)18-27)20-6-10-24(11-7-20)29(30)31/h2-13,16-17H,14-15,18H2,1H3. The summed E-state index contributed by atoms with van der Waals surface area (Å²) in [4.78, 5) is 15.3. The van der Waals surface area contributed by atoms with Crippen LogP contribution in [0.2, 0.25) is 0 Å². The zero-order valence-electron chi connectivity index (χ0n) is 17.4. The molecule has 154 valence electrons. The Morgan fingerprint density at radius 2 is 1.55 bits per heavy atom. The van der Waals surface area contributed by atoms with Crippen LogP contribution in [0.3, 0.4) is 0 Å². The van der Waals surface area contributed by atoms with E-state index in [0.29, 0.717) is 0 Å². The minimum Gasteiger partial charge on any atom is -0.340 e. The molecule has 0 aliphatic carbocycles. The molecule has 0 bridgehead atoms. The van der Waals surface area contributed by atoms with Crippen molar-refractivity contribution in [2.24, 2.45) is 0 Å². The Morgan fingerprint density at radius 3 is 2.32 bits per heavy atom. The summed E-state index contributed by atoms with van der Waals surface area (Å²) in [7, 11) is 2.15. The van der Waals surface area contributed by atoms with Crippen LogP contribution in [0.4, 0.5) is 17.1 Å². The van der Waals surface area contributed by atoms with Crippen LogP contribution in [0, 0.1) is 10.1 Å². The molecule has 1 heterocycles. The van der Waals surface area contributed by atoms with Crippen molar-refractivity contribution >= 4 is 27.8 Å². The predicted octanol–water partition coefficient (Wildman–Crippen LogP) is 6.00. The van der Waals surface area contributed by atoms with E-state index in [-0.39, 0.29) is 10.6 Å². The quantitative estimate of drug-likeness (QED) is 0.308. The summed E-state index contributed by atoms with van der Waals surface area (Å²) in [6, 6.07) is 28.4. The van der Waals surface area contributed by atoms with Gasteiger partial charge >= 0.3 is 0 Å². The molecule has 31 heavy (non-hydrogen) atoms. The van der Waals surface area contributed by atoms with E-state index >= 15 is 0 Å². The van der Waals surface area contributed by atoms with E-state index in [0.717, 1.165) is 30.8 Å². The summed E-state index contributed by atoms with van der Waals surface area (Å²) >= 11 is 0. The number of anilines is 2. The van der Waals surface area contributed by atoms with Crippen molar-refractivity contribution < 1.29 is 4.92 Å². The van der Waals surface area contributed by atoms with Crippen molar-refractivity contribution in [2.45, 2.75) is 6.54 Å². The summed E-state index contributed by atoms with van der Waals surface area (Å²) in [6.07, 6.45) is 0. The Balaban J connectivity index is 1.55. The maximum Gasteiger partial charge on any atom is 0.269 e. The van der Waals surface area contributed by atoms with E-state index in [4.69, 9.17) is 0 Å². The highest BCUT2D eigenvalue weighted by molar-refractivity contribution is 5.87. The topological polar surface area (TPSA) is 49.6 Å². The van der Waals surface area contributed by atoms with Gasteiger partial charge in [-0.3, -0.25) is 10.1 Å². The molecule has 0 fully saturated rings. The normalized spacial score (nSPS) is 14.3. The number of nitro benzene ring substituents is 1. The molecule has 1 aliphatic heterocycles. The smallest absolute Gasteiger partial charge is 0.269 e. The van der Waals surface area contributed by atoms with Crippen LogP contribution in [0.15, 0.2) is 84.9 Å². The second-order valence-corrected chi connectivity index (χ2v) is 8.07. The van der Waals surface area contributed by atoms with Gasteiger partial charge in [-0.25, -0.2) is 0 Å². The van der Waals surface area contributed by atoms with Crippen molar-refractivity contribution in [3.8, 4) is 11.1 Å². The van der Waals surface area contributed by atoms with Gasteiger partial charge in [0, 0.05) is 43.1 Å². The molecule has 0 saturated heterocycles. The van der Waals surface area contributed by atoms with Crippen LogP contribution >= 0.6 is 0 Å². The lowest BCUT2D eigenvalue weighted by Crippen LogP contribution is -2.26. The van der Waals surface area contributed by atoms with Gasteiger partial charge in [0.25, 0.3) is 5.69 Å². The van der Waals surface area contributed by atoms with Gasteiger partial charge in [-0.2, -0.15) is 0 Å². The highest BCUT2D eigenvalue weighted by Gasteiger charge is 2.20. The third-order valence-electron chi connectivity index (χ3n) is 5.97. The third kappa shape index (κ3) is 3.76. The van der Waals surface area contributed by atoms with Crippen molar-refractivity contribution in [1.29, 1.82) is 0 Å². The highest BCUT2D eigenvalue weighted by Crippen LogP contribution is 2.35. The number of hydrogen-bond donors (Lipinski definition) is 0. The molecule has 0 atom stereocenters. The molecule has 0 radical (unpaired) electrons. The molecular formula is C26H23N3O2. The van der Waals surface area contributed by atoms with E-state index in [1.165, 1.54) is 27.7 Å². The average Bonchev–Trinajstić information content (AvgIpc) is 2.96. The van der Waals surface area contributed by atoms with Gasteiger partial charge < -0.3 is 9.80 Å². The zero-order chi connectivity index (χ0) is 21.4. The van der Waals surface area contributed by atoms with E-state index in [1.54, 1.807) is 12.1 Å². The number of likely N-dealkylation sites (N-methyl/N-ethyl adjacent to an activating group) is 1. The van der Waals surface area contributed by atoms with Gasteiger partial charge in [0.2, 0.25) is 0 Å². The Morgan fingerprint density at radius 1 is 0.806 bits per heavy atom. The lowest BCUT2D eigenvalue weighted by atomic mass is 10.0. The fourth-order valence-corrected chi connectivity index (χ4v) is 4.30. The second kappa shape index (κ2) is 7.85. The first kappa shape index (κ1) is 19.3. The van der Waals surface area contributed by atoms with E-state index in [2.05, 4.69) is 77.5 Å². The van der Waals surface area contributed by atoms with Crippen LogP contribution in [-0.4, -0.2) is 30.0 Å². The van der Waals surface area contributed by atoms with Crippen LogP contribution in [0.1, 0.15) is 5.56 Å². The Hall–Kier alpha value is -3.70. The molecule has 0 aromatic heterocycles. The SMILES string of the molecule is CN1CCN(c2ccc3ccccc3c2)c2ccc(-c3ccc([N+](=O)[O-])cc3)cc2C1. The van der Waals surface area contributed by atoms with Crippen molar-refractivity contribution in [2.75, 3.05) is 25.0 Å². The van der Waals surface area contributed by atoms with Crippen LogP contribution < -0.4 is 4.90 Å². The maximum absolute atomic E-state index is 11.0. The average molecular weight is 409 g/mol. The largest absolute Gasteiger partial charge is 0.340 e. The number of hydrogen-bond acceptors (Lipinski definition) is 4. The van der Waals surface area contributed by atoms with Gasteiger partial charge in [0.1, 0.15) is 0 Å². The number of rotatable bonds is 3. The molecule has 0 unspecified atom stereocenters. The summed E-state index contributed by atoms with van der Waals surface area (Å²) in [6.45, 7) is 2.74. The summed E-state index contributed by atoms with van der Waals surface area (Å²) in [5.74, 6) is 0. The maximum atomic E-state index is 11.0. The number of nitrogens with zero attached hydrogens (tertiary/aromatic N) is 3. The second-order valence-electron chi connectivity index (χ2n) is 8.07. The Labute approximate surface area is 181 Å². The van der Waals surface area contributed by atoms with Gasteiger partial charge in [-0.05, 0) is 70.9 Å². The lowest BCUT2D eigenvalue weighted by molar-refractivity contribution is -0.384. The first-order valence-corrected chi connectivity index (χ1v) is 10.4. The van der Waals surface area contributed by atoms with Crippen LogP contribution in [0.5, 0.6) is 0 Å². The van der Waals surface area contributed by atoms with Gasteiger partial charge in [0.15, 0.2) is 0 Å². The van der Waals surface area contributed by atoms with Crippen molar-refractivity contribution in [3.63, 3.8) is 0 Å². The molecule has 1 aliphatic rings. The number of non-ortho nitro benzene ring substituents is 1. The van der Waals surface area contributed by atoms with E-state index in [9.17, 15) is 10.1 Å². The monoisotopic (exact) mass is 409 g/mol. The van der Waals surface area contributed by atoms with Gasteiger partial charge in [0.05, 0.1) is 4.92 Å². The minimum absolute atomic E-state index is 0.112. The molecule has 5 nitrogen and oxygen atoms in total. The van der Waals surface area contributed by atoms with Crippen molar-refractivity contribution in [3.05, 3.63) is 101 Å². The zero-order valence-corrected chi connectivity index (χ0v) is 17.4. The minimum atomic E-state index is -0.364. The highest BCUT2D eigenvalue weighted by atomic mass is 16.6. The first-order valence-electron chi connectivity index (χ1n) is 10.4. The molecule has 5 heteroatoms.